The first-order valence-electron chi connectivity index (χ1n) is 8.85. The van der Waals surface area contributed by atoms with E-state index in [4.69, 9.17) is 0 Å². The Balaban J connectivity index is 1.96. The lowest BCUT2D eigenvalue weighted by Gasteiger charge is -2.17. The average molecular weight is 332 g/mol. The van der Waals surface area contributed by atoms with Crippen molar-refractivity contribution in [3.63, 3.8) is 0 Å². The Bertz CT molecular complexity index is 896. The maximum absolute atomic E-state index is 13.0. The minimum absolute atomic E-state index is 0.0730. The quantitative estimate of drug-likeness (QED) is 0.651. The van der Waals surface area contributed by atoms with Crippen molar-refractivity contribution < 1.29 is 4.79 Å². The number of nitrogens with one attached hydrogen (secondary N) is 1. The number of para-hydroxylation sites is 1. The molecule has 1 unspecified atom stereocenters. The largest absolute Gasteiger partial charge is 0.320 e. The van der Waals surface area contributed by atoms with Crippen LogP contribution in [-0.4, -0.2) is 10.9 Å². The smallest absolute Gasteiger partial charge is 0.256 e. The van der Waals surface area contributed by atoms with Gasteiger partial charge in [0, 0.05) is 17.1 Å². The molecule has 0 aliphatic carbocycles. The van der Waals surface area contributed by atoms with Crippen molar-refractivity contribution in [2.45, 2.75) is 39.5 Å². The molecule has 3 aromatic rings. The highest BCUT2D eigenvalue weighted by molar-refractivity contribution is 6.09. The van der Waals surface area contributed by atoms with Crippen molar-refractivity contribution in [2.24, 2.45) is 0 Å². The standard InChI is InChI=1S/C22H24N2O/c1-4-7-16(3)19-14-15(2)11-12-18(19)22(25)24-20-10-5-8-17-9-6-13-23-21(17)20/h5-6,8-14,16H,4,7H2,1-3H3,(H,24,25). The number of anilines is 1. The van der Waals surface area contributed by atoms with Gasteiger partial charge in [-0.2, -0.15) is 0 Å². The molecule has 0 radical (unpaired) electrons. The van der Waals surface area contributed by atoms with E-state index < -0.39 is 0 Å². The molecule has 128 valence electrons. The number of carbonyl (C=O) groups is 1. The molecule has 1 N–H and O–H groups in total. The zero-order chi connectivity index (χ0) is 17.8. The van der Waals surface area contributed by atoms with Crippen molar-refractivity contribution in [3.8, 4) is 0 Å². The average Bonchev–Trinajstić information content (AvgIpc) is 2.62. The van der Waals surface area contributed by atoms with Gasteiger partial charge in [-0.3, -0.25) is 9.78 Å². The maximum atomic E-state index is 13.0. The van der Waals surface area contributed by atoms with Crippen LogP contribution in [0.25, 0.3) is 10.9 Å². The van der Waals surface area contributed by atoms with E-state index in [9.17, 15) is 4.79 Å². The highest BCUT2D eigenvalue weighted by atomic mass is 16.1. The lowest BCUT2D eigenvalue weighted by molar-refractivity contribution is 0.102. The minimum atomic E-state index is -0.0730. The van der Waals surface area contributed by atoms with E-state index in [-0.39, 0.29) is 5.91 Å². The Hall–Kier alpha value is -2.68. The van der Waals surface area contributed by atoms with Crippen molar-refractivity contribution in [1.82, 2.24) is 4.98 Å². The molecular weight excluding hydrogens is 308 g/mol. The number of fused-ring (bicyclic) bond motifs is 1. The second-order valence-corrected chi connectivity index (χ2v) is 6.62. The highest BCUT2D eigenvalue weighted by Crippen LogP contribution is 2.27. The number of benzene rings is 2. The molecule has 0 saturated carbocycles. The second-order valence-electron chi connectivity index (χ2n) is 6.62. The van der Waals surface area contributed by atoms with Gasteiger partial charge in [0.05, 0.1) is 11.2 Å². The summed E-state index contributed by atoms with van der Waals surface area (Å²) in [6.45, 7) is 6.43. The molecule has 0 spiro atoms. The second kappa shape index (κ2) is 7.47. The van der Waals surface area contributed by atoms with Crippen LogP contribution < -0.4 is 5.32 Å². The molecule has 1 aromatic heterocycles. The topological polar surface area (TPSA) is 42.0 Å². The minimum Gasteiger partial charge on any atom is -0.320 e. The van der Waals surface area contributed by atoms with Gasteiger partial charge in [0.15, 0.2) is 0 Å². The highest BCUT2D eigenvalue weighted by Gasteiger charge is 2.17. The van der Waals surface area contributed by atoms with Gasteiger partial charge < -0.3 is 5.32 Å². The Morgan fingerprint density at radius 3 is 2.76 bits per heavy atom. The summed E-state index contributed by atoms with van der Waals surface area (Å²) in [5, 5.41) is 4.07. The molecule has 1 heterocycles. The molecule has 1 atom stereocenters. The first-order chi connectivity index (χ1) is 12.1. The van der Waals surface area contributed by atoms with E-state index in [0.29, 0.717) is 5.92 Å². The van der Waals surface area contributed by atoms with Crippen LogP contribution in [-0.2, 0) is 0 Å². The van der Waals surface area contributed by atoms with Gasteiger partial charge >= 0.3 is 0 Å². The SMILES string of the molecule is CCCC(C)c1cc(C)ccc1C(=O)Nc1cccc2cccnc12. The third-order valence-corrected chi connectivity index (χ3v) is 4.59. The monoisotopic (exact) mass is 332 g/mol. The summed E-state index contributed by atoms with van der Waals surface area (Å²) >= 11 is 0. The Morgan fingerprint density at radius 2 is 1.96 bits per heavy atom. The molecule has 3 nitrogen and oxygen atoms in total. The Labute approximate surface area is 149 Å². The van der Waals surface area contributed by atoms with Gasteiger partial charge in [0.25, 0.3) is 5.91 Å². The van der Waals surface area contributed by atoms with Gasteiger partial charge in [0.2, 0.25) is 0 Å². The summed E-state index contributed by atoms with van der Waals surface area (Å²) in [6, 6.07) is 15.8. The number of hydrogen-bond donors (Lipinski definition) is 1. The van der Waals surface area contributed by atoms with Crippen molar-refractivity contribution in [2.75, 3.05) is 5.32 Å². The fourth-order valence-corrected chi connectivity index (χ4v) is 3.28. The molecule has 0 saturated heterocycles. The van der Waals surface area contributed by atoms with E-state index in [2.05, 4.69) is 37.1 Å². The lowest BCUT2D eigenvalue weighted by Crippen LogP contribution is -2.16. The molecule has 0 aliphatic rings. The molecule has 0 aliphatic heterocycles. The molecule has 2 aromatic carbocycles. The van der Waals surface area contributed by atoms with E-state index in [0.717, 1.165) is 40.6 Å². The van der Waals surface area contributed by atoms with E-state index in [1.807, 2.05) is 42.5 Å². The summed E-state index contributed by atoms with van der Waals surface area (Å²) in [5.41, 5.74) is 4.61. The number of aromatic nitrogens is 1. The van der Waals surface area contributed by atoms with Crippen LogP contribution in [0.5, 0.6) is 0 Å². The molecule has 25 heavy (non-hydrogen) atoms. The van der Waals surface area contributed by atoms with Crippen LogP contribution in [0.2, 0.25) is 0 Å². The summed E-state index contributed by atoms with van der Waals surface area (Å²) in [4.78, 5) is 17.4. The van der Waals surface area contributed by atoms with Crippen LogP contribution in [0.1, 0.15) is 54.1 Å². The van der Waals surface area contributed by atoms with Crippen LogP contribution in [0.4, 0.5) is 5.69 Å². The van der Waals surface area contributed by atoms with E-state index in [1.165, 1.54) is 5.56 Å². The number of aryl methyl sites for hydroxylation is 1. The third kappa shape index (κ3) is 3.71. The van der Waals surface area contributed by atoms with Crippen molar-refractivity contribution >= 4 is 22.5 Å². The summed E-state index contributed by atoms with van der Waals surface area (Å²) in [7, 11) is 0. The van der Waals surface area contributed by atoms with Crippen LogP contribution >= 0.6 is 0 Å². The normalized spacial score (nSPS) is 12.1. The zero-order valence-corrected chi connectivity index (χ0v) is 15.0. The first kappa shape index (κ1) is 17.2. The number of rotatable bonds is 5. The molecule has 3 rings (SSSR count). The molecule has 0 fully saturated rings. The Morgan fingerprint density at radius 1 is 1.16 bits per heavy atom. The number of pyridine rings is 1. The van der Waals surface area contributed by atoms with Gasteiger partial charge in [-0.15, -0.1) is 0 Å². The van der Waals surface area contributed by atoms with Crippen LogP contribution in [0.3, 0.4) is 0 Å². The summed E-state index contributed by atoms with van der Waals surface area (Å²) < 4.78 is 0. The van der Waals surface area contributed by atoms with Crippen LogP contribution in [0, 0.1) is 6.92 Å². The predicted octanol–water partition coefficient (Wildman–Crippen LogP) is 5.70. The summed E-state index contributed by atoms with van der Waals surface area (Å²) in [6.07, 6.45) is 3.92. The number of carbonyl (C=O) groups excluding carboxylic acids is 1. The zero-order valence-electron chi connectivity index (χ0n) is 15.0. The Kier molecular flexibility index (Phi) is 5.13. The van der Waals surface area contributed by atoms with Gasteiger partial charge in [0.1, 0.15) is 0 Å². The molecular formula is C22H24N2O. The predicted molar refractivity (Wildman–Crippen MR) is 104 cm³/mol. The van der Waals surface area contributed by atoms with E-state index in [1.54, 1.807) is 6.20 Å². The van der Waals surface area contributed by atoms with Gasteiger partial charge in [-0.05, 0) is 43.0 Å². The van der Waals surface area contributed by atoms with Gasteiger partial charge in [-0.25, -0.2) is 0 Å². The maximum Gasteiger partial charge on any atom is 0.256 e. The number of amides is 1. The number of nitrogens with zero attached hydrogens (tertiary/aromatic N) is 1. The lowest BCUT2D eigenvalue weighted by atomic mass is 9.90. The number of hydrogen-bond acceptors (Lipinski definition) is 2. The molecule has 3 heteroatoms. The molecule has 1 amide bonds. The third-order valence-electron chi connectivity index (χ3n) is 4.59. The molecule has 0 bridgehead atoms. The van der Waals surface area contributed by atoms with Crippen molar-refractivity contribution in [1.29, 1.82) is 0 Å². The fraction of sp³-hybridized carbons (Fsp3) is 0.273. The van der Waals surface area contributed by atoms with E-state index >= 15 is 0 Å². The van der Waals surface area contributed by atoms with Gasteiger partial charge in [-0.1, -0.05) is 56.2 Å². The van der Waals surface area contributed by atoms with Crippen molar-refractivity contribution in [3.05, 3.63) is 71.4 Å². The summed E-state index contributed by atoms with van der Waals surface area (Å²) in [5.74, 6) is 0.285. The fourth-order valence-electron chi connectivity index (χ4n) is 3.28. The first-order valence-corrected chi connectivity index (χ1v) is 8.85. The van der Waals surface area contributed by atoms with Crippen LogP contribution in [0.15, 0.2) is 54.7 Å².